The van der Waals surface area contributed by atoms with Gasteiger partial charge in [-0.15, -0.1) is 0 Å². The van der Waals surface area contributed by atoms with Crippen molar-refractivity contribution >= 4 is 17.6 Å². The largest absolute Gasteiger partial charge is 0.496 e. The maximum atomic E-state index is 5.85. The molecule has 3 rings (SSSR count). The van der Waals surface area contributed by atoms with Crippen LogP contribution in [0.5, 0.6) is 5.75 Å². The molecule has 1 aliphatic rings. The quantitative estimate of drug-likeness (QED) is 0.867. The lowest BCUT2D eigenvalue weighted by Gasteiger charge is -2.08. The maximum absolute atomic E-state index is 5.85. The molecule has 98 valence electrons. The number of hydrogen-bond acceptors (Lipinski definition) is 5. The Hall–Kier alpha value is -1.75. The fourth-order valence-corrected chi connectivity index (χ4v) is 2.80. The second-order valence-electron chi connectivity index (χ2n) is 4.52. The number of rotatable bonds is 4. The van der Waals surface area contributed by atoms with Gasteiger partial charge in [0.2, 0.25) is 0 Å². The highest BCUT2D eigenvalue weighted by atomic mass is 32.2. The summed E-state index contributed by atoms with van der Waals surface area (Å²) in [6.45, 7) is 0. The zero-order valence-corrected chi connectivity index (χ0v) is 11.5. The van der Waals surface area contributed by atoms with Gasteiger partial charge in [-0.1, -0.05) is 23.9 Å². The number of ether oxygens (including phenoxy) is 1. The van der Waals surface area contributed by atoms with Gasteiger partial charge in [0.25, 0.3) is 0 Å². The third kappa shape index (κ3) is 2.81. The van der Waals surface area contributed by atoms with E-state index in [1.807, 2.05) is 30.3 Å². The molecule has 0 saturated heterocycles. The Morgan fingerprint density at radius 2 is 2.05 bits per heavy atom. The number of para-hydroxylation sites is 1. The molecular weight excluding hydrogens is 258 g/mol. The van der Waals surface area contributed by atoms with Crippen LogP contribution in [-0.4, -0.2) is 17.1 Å². The Balaban J connectivity index is 1.90. The van der Waals surface area contributed by atoms with Gasteiger partial charge in [0.05, 0.1) is 12.0 Å². The number of methoxy groups -OCH3 is 1. The first-order chi connectivity index (χ1) is 9.26. The van der Waals surface area contributed by atoms with E-state index in [4.69, 9.17) is 10.5 Å². The van der Waals surface area contributed by atoms with E-state index >= 15 is 0 Å². The minimum Gasteiger partial charge on any atom is -0.496 e. The predicted octanol–water partition coefficient (Wildman–Crippen LogP) is 3.10. The van der Waals surface area contributed by atoms with Gasteiger partial charge in [-0.3, -0.25) is 0 Å². The van der Waals surface area contributed by atoms with Crippen LogP contribution in [-0.2, 0) is 0 Å². The Bertz CT molecular complexity index is 599. The van der Waals surface area contributed by atoms with Crippen LogP contribution in [0.2, 0.25) is 0 Å². The van der Waals surface area contributed by atoms with Crippen molar-refractivity contribution in [3.63, 3.8) is 0 Å². The molecule has 0 bridgehead atoms. The molecule has 1 aromatic heterocycles. The SMILES string of the molecule is COc1ccccc1Sc1cc(N)nc(C2CC2)n1. The van der Waals surface area contributed by atoms with E-state index in [1.165, 1.54) is 12.8 Å². The molecule has 19 heavy (non-hydrogen) atoms. The number of benzene rings is 1. The van der Waals surface area contributed by atoms with Gasteiger partial charge in [-0.25, -0.2) is 9.97 Å². The van der Waals surface area contributed by atoms with Crippen molar-refractivity contribution in [2.75, 3.05) is 12.8 Å². The second-order valence-corrected chi connectivity index (χ2v) is 5.58. The van der Waals surface area contributed by atoms with E-state index in [-0.39, 0.29) is 0 Å². The van der Waals surface area contributed by atoms with Crippen LogP contribution in [0.3, 0.4) is 0 Å². The average molecular weight is 273 g/mol. The molecule has 0 unspecified atom stereocenters. The molecule has 0 aliphatic heterocycles. The molecule has 1 aliphatic carbocycles. The summed E-state index contributed by atoms with van der Waals surface area (Å²) < 4.78 is 5.34. The Morgan fingerprint density at radius 3 is 2.79 bits per heavy atom. The predicted molar refractivity (Wildman–Crippen MR) is 75.5 cm³/mol. The van der Waals surface area contributed by atoms with Crippen LogP contribution in [0.15, 0.2) is 40.3 Å². The lowest BCUT2D eigenvalue weighted by atomic mass is 10.3. The van der Waals surface area contributed by atoms with Crippen molar-refractivity contribution in [1.29, 1.82) is 0 Å². The van der Waals surface area contributed by atoms with Crippen LogP contribution < -0.4 is 10.5 Å². The monoisotopic (exact) mass is 273 g/mol. The van der Waals surface area contributed by atoms with E-state index in [2.05, 4.69) is 9.97 Å². The molecular formula is C14H15N3OS. The molecule has 0 atom stereocenters. The van der Waals surface area contributed by atoms with E-state index in [0.717, 1.165) is 21.5 Å². The summed E-state index contributed by atoms with van der Waals surface area (Å²) in [5.74, 6) is 2.75. The van der Waals surface area contributed by atoms with Crippen LogP contribution in [0, 0.1) is 0 Å². The fraction of sp³-hybridized carbons (Fsp3) is 0.286. The minimum atomic E-state index is 0.500. The third-order valence-electron chi connectivity index (χ3n) is 2.97. The summed E-state index contributed by atoms with van der Waals surface area (Å²) in [5, 5.41) is 0.874. The second kappa shape index (κ2) is 5.09. The van der Waals surface area contributed by atoms with Gasteiger partial charge in [-0.2, -0.15) is 0 Å². The molecule has 1 fully saturated rings. The standard InChI is InChI=1S/C14H15N3OS/c1-18-10-4-2-3-5-11(10)19-13-8-12(15)16-14(17-13)9-6-7-9/h2-5,8-9H,6-7H2,1H3,(H2,15,16,17). The summed E-state index contributed by atoms with van der Waals surface area (Å²) in [6.07, 6.45) is 2.34. The first kappa shape index (κ1) is 12.3. The smallest absolute Gasteiger partial charge is 0.135 e. The summed E-state index contributed by atoms with van der Waals surface area (Å²) in [7, 11) is 1.67. The number of nitrogen functional groups attached to an aromatic ring is 1. The third-order valence-corrected chi connectivity index (χ3v) is 3.94. The fourth-order valence-electron chi connectivity index (χ4n) is 1.85. The van der Waals surface area contributed by atoms with Crippen molar-refractivity contribution in [1.82, 2.24) is 9.97 Å². The van der Waals surface area contributed by atoms with E-state index < -0.39 is 0 Å². The van der Waals surface area contributed by atoms with Gasteiger partial charge < -0.3 is 10.5 Å². The molecule has 5 heteroatoms. The molecule has 1 aromatic carbocycles. The molecule has 0 radical (unpaired) electrons. The first-order valence-electron chi connectivity index (χ1n) is 6.21. The summed E-state index contributed by atoms with van der Waals surface area (Å²) in [5.41, 5.74) is 5.85. The molecule has 4 nitrogen and oxygen atoms in total. The van der Waals surface area contributed by atoms with Crippen molar-refractivity contribution in [3.8, 4) is 5.75 Å². The van der Waals surface area contributed by atoms with Crippen LogP contribution >= 0.6 is 11.8 Å². The van der Waals surface area contributed by atoms with Gasteiger partial charge in [0.1, 0.15) is 22.4 Å². The number of nitrogens with zero attached hydrogens (tertiary/aromatic N) is 2. The van der Waals surface area contributed by atoms with Crippen molar-refractivity contribution in [2.24, 2.45) is 0 Å². The van der Waals surface area contributed by atoms with E-state index in [0.29, 0.717) is 11.7 Å². The summed E-state index contributed by atoms with van der Waals surface area (Å²) >= 11 is 1.56. The summed E-state index contributed by atoms with van der Waals surface area (Å²) in [6, 6.07) is 9.69. The van der Waals surface area contributed by atoms with Crippen LogP contribution in [0.25, 0.3) is 0 Å². The highest BCUT2D eigenvalue weighted by molar-refractivity contribution is 7.99. The molecule has 1 heterocycles. The molecule has 2 N–H and O–H groups in total. The highest BCUT2D eigenvalue weighted by Gasteiger charge is 2.27. The zero-order chi connectivity index (χ0) is 13.2. The molecule has 0 amide bonds. The number of aromatic nitrogens is 2. The van der Waals surface area contributed by atoms with E-state index in [9.17, 15) is 0 Å². The lowest BCUT2D eigenvalue weighted by molar-refractivity contribution is 0.405. The molecule has 0 spiro atoms. The lowest BCUT2D eigenvalue weighted by Crippen LogP contribution is -1.99. The van der Waals surface area contributed by atoms with Crippen molar-refractivity contribution in [3.05, 3.63) is 36.2 Å². The molecule has 2 aromatic rings. The van der Waals surface area contributed by atoms with Crippen LogP contribution in [0.4, 0.5) is 5.82 Å². The highest BCUT2D eigenvalue weighted by Crippen LogP contribution is 2.40. The average Bonchev–Trinajstić information content (AvgIpc) is 3.23. The zero-order valence-electron chi connectivity index (χ0n) is 10.7. The number of hydrogen-bond donors (Lipinski definition) is 1. The van der Waals surface area contributed by atoms with Gasteiger partial charge in [0, 0.05) is 12.0 Å². The van der Waals surface area contributed by atoms with Crippen molar-refractivity contribution in [2.45, 2.75) is 28.7 Å². The Kier molecular flexibility index (Phi) is 3.29. The molecule has 1 saturated carbocycles. The van der Waals surface area contributed by atoms with Gasteiger partial charge in [0.15, 0.2) is 0 Å². The van der Waals surface area contributed by atoms with Crippen LogP contribution in [0.1, 0.15) is 24.6 Å². The normalized spacial score (nSPS) is 14.4. The summed E-state index contributed by atoms with van der Waals surface area (Å²) in [4.78, 5) is 9.92. The van der Waals surface area contributed by atoms with E-state index in [1.54, 1.807) is 18.9 Å². The Labute approximate surface area is 116 Å². The van der Waals surface area contributed by atoms with Crippen molar-refractivity contribution < 1.29 is 4.74 Å². The maximum Gasteiger partial charge on any atom is 0.135 e. The number of anilines is 1. The Morgan fingerprint density at radius 1 is 1.26 bits per heavy atom. The van der Waals surface area contributed by atoms with Gasteiger partial charge >= 0.3 is 0 Å². The number of nitrogens with two attached hydrogens (primary N) is 1. The first-order valence-corrected chi connectivity index (χ1v) is 7.03. The van der Waals surface area contributed by atoms with Gasteiger partial charge in [-0.05, 0) is 25.0 Å². The topological polar surface area (TPSA) is 61.0 Å². The minimum absolute atomic E-state index is 0.500.